The van der Waals surface area contributed by atoms with Crippen molar-refractivity contribution in [2.45, 2.75) is 6.92 Å². The number of halogens is 1. The highest BCUT2D eigenvalue weighted by atomic mass is 35.5. The number of Topliss-reactive ketones (excluding diaryl/α,β-unsaturated/α-hetero) is 1. The normalized spacial score (nSPS) is 10.4. The summed E-state index contributed by atoms with van der Waals surface area (Å²) in [7, 11) is 0. The van der Waals surface area contributed by atoms with Crippen molar-refractivity contribution in [1.29, 1.82) is 0 Å². The Morgan fingerprint density at radius 1 is 1.21 bits per heavy atom. The highest BCUT2D eigenvalue weighted by Gasteiger charge is 2.11. The third-order valence-corrected chi connectivity index (χ3v) is 3.11. The lowest BCUT2D eigenvalue weighted by Gasteiger charge is -1.99. The summed E-state index contributed by atoms with van der Waals surface area (Å²) in [5.74, 6) is -1.78. The van der Waals surface area contributed by atoms with Crippen LogP contribution in [0.5, 0.6) is 0 Å². The Kier molecular flexibility index (Phi) is 6.24. The molecule has 0 radical (unpaired) electrons. The molecule has 5 nitrogen and oxygen atoms in total. The maximum atomic E-state index is 11.6. The first-order valence-corrected chi connectivity index (χ1v) is 6.52. The van der Waals surface area contributed by atoms with Crippen molar-refractivity contribution in [3.8, 4) is 0 Å². The fraction of sp³-hybridized carbons (Fsp3) is 0.250. The molecule has 0 saturated carbocycles. The Morgan fingerprint density at radius 3 is 2.37 bits per heavy atom. The molecule has 102 valence electrons. The molecule has 1 rings (SSSR count). The molecule has 0 unspecified atom stereocenters. The van der Waals surface area contributed by atoms with Gasteiger partial charge in [0.1, 0.15) is 0 Å². The first-order chi connectivity index (χ1) is 9.02. The first-order valence-electron chi connectivity index (χ1n) is 5.33. The van der Waals surface area contributed by atoms with E-state index in [0.29, 0.717) is 9.21 Å². The summed E-state index contributed by atoms with van der Waals surface area (Å²) >= 11 is 6.78. The van der Waals surface area contributed by atoms with Crippen LogP contribution >= 0.6 is 22.9 Å². The summed E-state index contributed by atoms with van der Waals surface area (Å²) in [6, 6.07) is 3.14. The number of hydrogen-bond acceptors (Lipinski definition) is 6. The van der Waals surface area contributed by atoms with E-state index >= 15 is 0 Å². The van der Waals surface area contributed by atoms with Crippen LogP contribution in [0, 0.1) is 0 Å². The van der Waals surface area contributed by atoms with Gasteiger partial charge in [-0.05, 0) is 19.1 Å². The molecule has 0 bridgehead atoms. The molecule has 0 aromatic carbocycles. The maximum Gasteiger partial charge on any atom is 0.331 e. The molecule has 0 fully saturated rings. The second-order valence-corrected chi connectivity index (χ2v) is 4.94. The van der Waals surface area contributed by atoms with E-state index in [1.54, 1.807) is 19.1 Å². The van der Waals surface area contributed by atoms with Crippen molar-refractivity contribution in [3.05, 3.63) is 33.5 Å². The number of hydrogen-bond donors (Lipinski definition) is 0. The molecule has 1 heterocycles. The van der Waals surface area contributed by atoms with Crippen molar-refractivity contribution >= 4 is 40.7 Å². The number of carbonyl (C=O) groups excluding carboxylic acids is 3. The van der Waals surface area contributed by atoms with Gasteiger partial charge >= 0.3 is 11.9 Å². The third kappa shape index (κ3) is 5.67. The van der Waals surface area contributed by atoms with Gasteiger partial charge in [-0.1, -0.05) is 11.6 Å². The Bertz CT molecular complexity index is 506. The predicted octanol–water partition coefficient (Wildman–Crippen LogP) is 2.25. The molecule has 0 amide bonds. The summed E-state index contributed by atoms with van der Waals surface area (Å²) < 4.78 is 9.74. The Morgan fingerprint density at radius 2 is 1.84 bits per heavy atom. The molecule has 1 aromatic heterocycles. The van der Waals surface area contributed by atoms with Crippen LogP contribution in [-0.2, 0) is 19.1 Å². The molecule has 0 aliphatic heterocycles. The average molecular weight is 303 g/mol. The van der Waals surface area contributed by atoms with Crippen molar-refractivity contribution in [1.82, 2.24) is 0 Å². The number of ketones is 1. The van der Waals surface area contributed by atoms with Crippen LogP contribution in [0.4, 0.5) is 0 Å². The van der Waals surface area contributed by atoms with Crippen molar-refractivity contribution in [2.75, 3.05) is 13.2 Å². The minimum Gasteiger partial charge on any atom is -0.463 e. The zero-order valence-electron chi connectivity index (χ0n) is 10.1. The van der Waals surface area contributed by atoms with Crippen molar-refractivity contribution in [2.24, 2.45) is 0 Å². The van der Waals surface area contributed by atoms with E-state index in [9.17, 15) is 14.4 Å². The lowest BCUT2D eigenvalue weighted by Crippen LogP contribution is -2.12. The minimum atomic E-state index is -0.788. The standard InChI is InChI=1S/C12H11ClO5S/c1-2-17-11(15)5-6-12(16)18-7-8(14)9-3-4-10(13)19-9/h3-6H,2,7H2,1H3. The summed E-state index contributed by atoms with van der Waals surface area (Å²) in [6.07, 6.45) is 1.85. The van der Waals surface area contributed by atoms with Gasteiger partial charge in [0.15, 0.2) is 6.61 Å². The van der Waals surface area contributed by atoms with Crippen molar-refractivity contribution in [3.63, 3.8) is 0 Å². The van der Waals surface area contributed by atoms with E-state index in [-0.39, 0.29) is 12.4 Å². The van der Waals surface area contributed by atoms with E-state index in [1.165, 1.54) is 0 Å². The third-order valence-electron chi connectivity index (χ3n) is 1.84. The van der Waals surface area contributed by atoms with Gasteiger partial charge in [0, 0.05) is 12.2 Å². The lowest BCUT2D eigenvalue weighted by atomic mass is 10.3. The molecule has 0 aliphatic carbocycles. The van der Waals surface area contributed by atoms with Crippen LogP contribution in [0.2, 0.25) is 4.34 Å². The van der Waals surface area contributed by atoms with Crippen LogP contribution in [0.25, 0.3) is 0 Å². The summed E-state index contributed by atoms with van der Waals surface area (Å²) in [4.78, 5) is 34.1. The molecular formula is C12H11ClO5S. The molecule has 0 saturated heterocycles. The van der Waals surface area contributed by atoms with Gasteiger partial charge < -0.3 is 9.47 Å². The molecular weight excluding hydrogens is 292 g/mol. The Hall–Kier alpha value is -1.66. The second kappa shape index (κ2) is 7.70. The number of rotatable bonds is 6. The average Bonchev–Trinajstić information content (AvgIpc) is 2.80. The Labute approximate surface area is 118 Å². The van der Waals surface area contributed by atoms with Gasteiger partial charge in [-0.2, -0.15) is 0 Å². The van der Waals surface area contributed by atoms with Crippen LogP contribution < -0.4 is 0 Å². The number of esters is 2. The summed E-state index contributed by atoms with van der Waals surface area (Å²) in [5, 5.41) is 0. The maximum absolute atomic E-state index is 11.6. The lowest BCUT2D eigenvalue weighted by molar-refractivity contribution is -0.139. The van der Waals surface area contributed by atoms with Gasteiger partial charge in [-0.15, -0.1) is 11.3 Å². The zero-order chi connectivity index (χ0) is 14.3. The van der Waals surface area contributed by atoms with E-state index in [4.69, 9.17) is 11.6 Å². The quantitative estimate of drug-likeness (QED) is 0.458. The van der Waals surface area contributed by atoms with E-state index in [0.717, 1.165) is 23.5 Å². The van der Waals surface area contributed by atoms with E-state index in [2.05, 4.69) is 9.47 Å². The monoisotopic (exact) mass is 302 g/mol. The van der Waals surface area contributed by atoms with E-state index in [1.807, 2.05) is 0 Å². The van der Waals surface area contributed by atoms with Crippen LogP contribution in [0.3, 0.4) is 0 Å². The van der Waals surface area contributed by atoms with Gasteiger partial charge in [-0.25, -0.2) is 9.59 Å². The van der Waals surface area contributed by atoms with Crippen LogP contribution in [0.1, 0.15) is 16.6 Å². The van der Waals surface area contributed by atoms with Gasteiger partial charge in [0.25, 0.3) is 0 Å². The van der Waals surface area contributed by atoms with Crippen LogP contribution in [0.15, 0.2) is 24.3 Å². The fourth-order valence-corrected chi connectivity index (χ4v) is 2.01. The highest BCUT2D eigenvalue weighted by molar-refractivity contribution is 7.18. The molecule has 0 N–H and O–H groups in total. The molecule has 1 aromatic rings. The Balaban J connectivity index is 2.38. The number of ether oxygens (including phenoxy) is 2. The smallest absolute Gasteiger partial charge is 0.331 e. The molecule has 7 heteroatoms. The summed E-state index contributed by atoms with van der Waals surface area (Å²) in [6.45, 7) is 1.47. The molecule has 0 spiro atoms. The topological polar surface area (TPSA) is 69.7 Å². The SMILES string of the molecule is CCOC(=O)C=CC(=O)OCC(=O)c1ccc(Cl)s1. The van der Waals surface area contributed by atoms with Gasteiger partial charge in [0.2, 0.25) is 5.78 Å². The first kappa shape index (κ1) is 15.4. The molecule has 0 atom stereocenters. The van der Waals surface area contributed by atoms with E-state index < -0.39 is 18.5 Å². The number of carbonyl (C=O) groups is 3. The van der Waals surface area contributed by atoms with Crippen molar-refractivity contribution < 1.29 is 23.9 Å². The van der Waals surface area contributed by atoms with Gasteiger partial charge in [0.05, 0.1) is 15.8 Å². The largest absolute Gasteiger partial charge is 0.463 e. The van der Waals surface area contributed by atoms with Gasteiger partial charge in [-0.3, -0.25) is 4.79 Å². The predicted molar refractivity (Wildman–Crippen MR) is 70.4 cm³/mol. The number of thiophene rings is 1. The summed E-state index contributed by atoms with van der Waals surface area (Å²) in [5.41, 5.74) is 0. The molecule has 19 heavy (non-hydrogen) atoms. The molecule has 0 aliphatic rings. The fourth-order valence-electron chi connectivity index (χ4n) is 1.05. The van der Waals surface area contributed by atoms with Crippen LogP contribution in [-0.4, -0.2) is 30.9 Å². The minimum absolute atomic E-state index is 0.218. The zero-order valence-corrected chi connectivity index (χ0v) is 11.6. The highest BCUT2D eigenvalue weighted by Crippen LogP contribution is 2.21. The second-order valence-electron chi connectivity index (χ2n) is 3.22.